The van der Waals surface area contributed by atoms with Gasteiger partial charge in [0.05, 0.1) is 10.6 Å². The molecule has 1 N–H and O–H groups in total. The van der Waals surface area contributed by atoms with Gasteiger partial charge in [0.25, 0.3) is 0 Å². The molecule has 0 aliphatic carbocycles. The Bertz CT molecular complexity index is 929. The molecule has 30 heavy (non-hydrogen) atoms. The van der Waals surface area contributed by atoms with Crippen molar-refractivity contribution in [2.75, 3.05) is 29.4 Å². The molecule has 4 rings (SSSR count). The van der Waals surface area contributed by atoms with Gasteiger partial charge < -0.3 is 15.1 Å². The highest BCUT2D eigenvalue weighted by Crippen LogP contribution is 2.34. The number of rotatable bonds is 2. The fraction of sp³-hybridized carbons (Fsp3) is 0.429. The maximum atomic E-state index is 12.8. The number of halogens is 4. The van der Waals surface area contributed by atoms with Crippen LogP contribution in [0.3, 0.4) is 0 Å². The van der Waals surface area contributed by atoms with E-state index in [4.69, 9.17) is 23.8 Å². The second-order valence-corrected chi connectivity index (χ2v) is 8.42. The number of alkyl halides is 3. The van der Waals surface area contributed by atoms with Crippen LogP contribution in [-0.4, -0.2) is 35.8 Å². The molecule has 0 atom stereocenters. The van der Waals surface area contributed by atoms with E-state index in [1.807, 2.05) is 11.0 Å². The van der Waals surface area contributed by atoms with Gasteiger partial charge in [-0.15, -0.1) is 0 Å². The van der Waals surface area contributed by atoms with E-state index in [1.165, 1.54) is 11.3 Å². The summed E-state index contributed by atoms with van der Waals surface area (Å²) < 4.78 is 38.5. The zero-order valence-electron chi connectivity index (χ0n) is 16.3. The minimum atomic E-state index is -4.45. The third-order valence-electron chi connectivity index (χ3n) is 5.63. The van der Waals surface area contributed by atoms with Crippen LogP contribution < -0.4 is 15.1 Å². The summed E-state index contributed by atoms with van der Waals surface area (Å²) in [4.78, 5) is 8.06. The Morgan fingerprint density at radius 1 is 1.17 bits per heavy atom. The molecule has 2 aromatic rings. The van der Waals surface area contributed by atoms with Crippen molar-refractivity contribution in [3.63, 3.8) is 0 Å². The first kappa shape index (κ1) is 21.2. The average molecular weight is 455 g/mol. The SMILES string of the molecule is FC(F)(F)c1cnc(N2CCC(NC(=S)N3CCCc4ccccc43)CC2)c(Cl)c1. The van der Waals surface area contributed by atoms with E-state index in [2.05, 4.69) is 33.4 Å². The van der Waals surface area contributed by atoms with E-state index in [9.17, 15) is 13.2 Å². The van der Waals surface area contributed by atoms with Gasteiger partial charge in [-0.05, 0) is 55.6 Å². The molecule has 1 saturated heterocycles. The number of hydrogen-bond donors (Lipinski definition) is 1. The summed E-state index contributed by atoms with van der Waals surface area (Å²) in [5.74, 6) is 0.399. The van der Waals surface area contributed by atoms with Crippen molar-refractivity contribution < 1.29 is 13.2 Å². The standard InChI is InChI=1S/C21H22ClF3N4S/c22-17-12-15(21(23,24)25)13-26-19(17)28-10-7-16(8-11-28)27-20(30)29-9-3-5-14-4-1-2-6-18(14)29/h1-2,4,6,12-13,16H,3,5,7-11H2,(H,27,30). The zero-order valence-corrected chi connectivity index (χ0v) is 17.8. The van der Waals surface area contributed by atoms with Crippen LogP contribution in [0.25, 0.3) is 0 Å². The summed E-state index contributed by atoms with van der Waals surface area (Å²) >= 11 is 11.8. The largest absolute Gasteiger partial charge is 0.417 e. The number of aryl methyl sites for hydroxylation is 1. The number of anilines is 2. The second-order valence-electron chi connectivity index (χ2n) is 7.62. The molecule has 0 saturated carbocycles. The molecule has 0 amide bonds. The average Bonchev–Trinajstić information content (AvgIpc) is 2.73. The predicted octanol–water partition coefficient (Wildman–Crippen LogP) is 5.05. The van der Waals surface area contributed by atoms with Crippen molar-refractivity contribution in [2.45, 2.75) is 37.9 Å². The van der Waals surface area contributed by atoms with Crippen LogP contribution >= 0.6 is 23.8 Å². The van der Waals surface area contributed by atoms with Gasteiger partial charge in [0.2, 0.25) is 0 Å². The van der Waals surface area contributed by atoms with E-state index < -0.39 is 11.7 Å². The van der Waals surface area contributed by atoms with Gasteiger partial charge in [0.1, 0.15) is 5.82 Å². The molecule has 0 unspecified atom stereocenters. The van der Waals surface area contributed by atoms with E-state index in [0.29, 0.717) is 18.9 Å². The van der Waals surface area contributed by atoms with Crippen molar-refractivity contribution in [1.82, 2.24) is 10.3 Å². The lowest BCUT2D eigenvalue weighted by Gasteiger charge is -2.37. The summed E-state index contributed by atoms with van der Waals surface area (Å²) in [6.45, 7) is 2.19. The predicted molar refractivity (Wildman–Crippen MR) is 117 cm³/mol. The van der Waals surface area contributed by atoms with Crippen molar-refractivity contribution in [2.24, 2.45) is 0 Å². The molecular formula is C21H22ClF3N4S. The lowest BCUT2D eigenvalue weighted by molar-refractivity contribution is -0.137. The zero-order chi connectivity index (χ0) is 21.3. The normalized spacial score (nSPS) is 17.6. The maximum absolute atomic E-state index is 12.8. The Labute approximate surface area is 184 Å². The number of benzene rings is 1. The monoisotopic (exact) mass is 454 g/mol. The molecule has 1 aromatic carbocycles. The molecule has 3 heterocycles. The smallest absolute Gasteiger partial charge is 0.359 e. The molecule has 0 bridgehead atoms. The first-order valence-electron chi connectivity index (χ1n) is 9.96. The number of pyridine rings is 1. The van der Waals surface area contributed by atoms with Gasteiger partial charge >= 0.3 is 6.18 Å². The van der Waals surface area contributed by atoms with Crippen molar-refractivity contribution in [3.8, 4) is 0 Å². The molecule has 2 aliphatic rings. The maximum Gasteiger partial charge on any atom is 0.417 e. The van der Waals surface area contributed by atoms with Crippen LogP contribution in [0.4, 0.5) is 24.7 Å². The third-order valence-corrected chi connectivity index (χ3v) is 6.24. The Hall–Kier alpha value is -2.06. The topological polar surface area (TPSA) is 31.4 Å². The number of fused-ring (bicyclic) bond motifs is 1. The lowest BCUT2D eigenvalue weighted by atomic mass is 10.0. The Morgan fingerprint density at radius 3 is 2.60 bits per heavy atom. The summed E-state index contributed by atoms with van der Waals surface area (Å²) in [6.07, 6.45) is 0.122. The van der Waals surface area contributed by atoms with Gasteiger partial charge in [-0.1, -0.05) is 29.8 Å². The highest BCUT2D eigenvalue weighted by atomic mass is 35.5. The fourth-order valence-electron chi connectivity index (χ4n) is 4.05. The number of para-hydroxylation sites is 1. The first-order chi connectivity index (χ1) is 14.3. The Morgan fingerprint density at radius 2 is 1.90 bits per heavy atom. The second kappa shape index (κ2) is 8.59. The van der Waals surface area contributed by atoms with Crippen LogP contribution in [-0.2, 0) is 12.6 Å². The summed E-state index contributed by atoms with van der Waals surface area (Å²) in [5.41, 5.74) is 1.64. The van der Waals surface area contributed by atoms with Crippen molar-refractivity contribution >= 4 is 40.4 Å². The highest BCUT2D eigenvalue weighted by molar-refractivity contribution is 7.80. The number of nitrogens with one attached hydrogen (secondary N) is 1. The molecule has 4 nitrogen and oxygen atoms in total. The fourth-order valence-corrected chi connectivity index (χ4v) is 4.69. The number of hydrogen-bond acceptors (Lipinski definition) is 3. The van der Waals surface area contributed by atoms with Crippen molar-refractivity contribution in [1.29, 1.82) is 0 Å². The molecule has 1 fully saturated rings. The molecule has 2 aliphatic heterocycles. The van der Waals surface area contributed by atoms with Gasteiger partial charge in [0, 0.05) is 37.6 Å². The van der Waals surface area contributed by atoms with Crippen LogP contribution in [0.5, 0.6) is 0 Å². The molecule has 1 aromatic heterocycles. The van der Waals surface area contributed by atoms with Crippen molar-refractivity contribution in [3.05, 3.63) is 52.7 Å². The number of thiocarbonyl (C=S) groups is 1. The molecule has 9 heteroatoms. The summed E-state index contributed by atoms with van der Waals surface area (Å²) in [6, 6.07) is 9.47. The van der Waals surface area contributed by atoms with Gasteiger partial charge in [-0.3, -0.25) is 0 Å². The lowest BCUT2D eigenvalue weighted by Crippen LogP contribution is -2.50. The quantitative estimate of drug-likeness (QED) is 0.642. The van der Waals surface area contributed by atoms with Crippen LogP contribution in [0, 0.1) is 0 Å². The number of aromatic nitrogens is 1. The molecule has 0 radical (unpaired) electrons. The van der Waals surface area contributed by atoms with E-state index in [1.54, 1.807) is 0 Å². The summed E-state index contributed by atoms with van der Waals surface area (Å²) in [5, 5.41) is 4.23. The minimum Gasteiger partial charge on any atom is -0.359 e. The van der Waals surface area contributed by atoms with Gasteiger partial charge in [-0.25, -0.2) is 4.98 Å². The van der Waals surface area contributed by atoms with E-state index >= 15 is 0 Å². The number of piperidine rings is 1. The van der Waals surface area contributed by atoms with Crippen LogP contribution in [0.2, 0.25) is 5.02 Å². The van der Waals surface area contributed by atoms with E-state index in [-0.39, 0.29) is 11.1 Å². The van der Waals surface area contributed by atoms with Crippen LogP contribution in [0.15, 0.2) is 36.5 Å². The summed E-state index contributed by atoms with van der Waals surface area (Å²) in [7, 11) is 0. The number of nitrogens with zero attached hydrogens (tertiary/aromatic N) is 3. The molecular weight excluding hydrogens is 433 g/mol. The Balaban J connectivity index is 1.36. The van der Waals surface area contributed by atoms with Gasteiger partial charge in [-0.2, -0.15) is 13.2 Å². The van der Waals surface area contributed by atoms with Crippen LogP contribution in [0.1, 0.15) is 30.4 Å². The first-order valence-corrected chi connectivity index (χ1v) is 10.7. The highest BCUT2D eigenvalue weighted by Gasteiger charge is 2.32. The third kappa shape index (κ3) is 4.49. The van der Waals surface area contributed by atoms with Gasteiger partial charge in [0.15, 0.2) is 5.11 Å². The molecule has 160 valence electrons. The van der Waals surface area contributed by atoms with E-state index in [0.717, 1.165) is 49.6 Å². The molecule has 0 spiro atoms. The minimum absolute atomic E-state index is 0.0247. The Kier molecular flexibility index (Phi) is 6.06.